The van der Waals surface area contributed by atoms with E-state index in [1.807, 2.05) is 31.2 Å². The van der Waals surface area contributed by atoms with Gasteiger partial charge in [0.05, 0.1) is 12.8 Å². The van der Waals surface area contributed by atoms with E-state index in [-0.39, 0.29) is 5.78 Å². The molecule has 0 amide bonds. The summed E-state index contributed by atoms with van der Waals surface area (Å²) in [6.07, 6.45) is 5.29. The van der Waals surface area contributed by atoms with Gasteiger partial charge in [-0.05, 0) is 36.6 Å². The first-order valence-corrected chi connectivity index (χ1v) is 7.14. The highest BCUT2D eigenvalue weighted by Crippen LogP contribution is 2.15. The molecule has 0 bridgehead atoms. The van der Waals surface area contributed by atoms with Crippen LogP contribution >= 0.6 is 0 Å². The molecular formula is C17H20N2O2. The molecule has 0 unspecified atom stereocenters. The van der Waals surface area contributed by atoms with E-state index in [9.17, 15) is 4.79 Å². The number of anilines is 1. The van der Waals surface area contributed by atoms with Gasteiger partial charge >= 0.3 is 0 Å². The summed E-state index contributed by atoms with van der Waals surface area (Å²) in [5, 5.41) is 0. The highest BCUT2D eigenvalue weighted by molar-refractivity contribution is 5.96. The van der Waals surface area contributed by atoms with Crippen LogP contribution in [-0.4, -0.2) is 17.4 Å². The molecule has 4 heteroatoms. The summed E-state index contributed by atoms with van der Waals surface area (Å²) in [6.45, 7) is 2.67. The van der Waals surface area contributed by atoms with Gasteiger partial charge in [-0.15, -0.1) is 0 Å². The number of nitrogen functional groups attached to an aromatic ring is 1. The zero-order valence-corrected chi connectivity index (χ0v) is 12.2. The Balaban J connectivity index is 1.95. The van der Waals surface area contributed by atoms with Crippen molar-refractivity contribution in [2.45, 2.75) is 26.2 Å². The summed E-state index contributed by atoms with van der Waals surface area (Å²) in [5.74, 6) is 0.719. The maximum atomic E-state index is 12.2. The van der Waals surface area contributed by atoms with Crippen LogP contribution in [0.1, 0.15) is 35.7 Å². The van der Waals surface area contributed by atoms with E-state index < -0.39 is 0 Å². The second-order valence-corrected chi connectivity index (χ2v) is 4.92. The second kappa shape index (κ2) is 7.43. The van der Waals surface area contributed by atoms with Gasteiger partial charge < -0.3 is 10.5 Å². The molecule has 2 rings (SSSR count). The van der Waals surface area contributed by atoms with E-state index in [0.717, 1.165) is 17.7 Å². The molecule has 0 saturated heterocycles. The molecule has 0 saturated carbocycles. The number of Topliss-reactive ketones (excluding diaryl/α,β-unsaturated/α-hetero) is 1. The number of hydrogen-bond acceptors (Lipinski definition) is 4. The molecule has 0 aliphatic carbocycles. The minimum Gasteiger partial charge on any atom is -0.492 e. The Labute approximate surface area is 125 Å². The van der Waals surface area contributed by atoms with Gasteiger partial charge in [-0.3, -0.25) is 9.78 Å². The van der Waals surface area contributed by atoms with Crippen LogP contribution in [0, 0.1) is 0 Å². The van der Waals surface area contributed by atoms with Crippen LogP contribution in [-0.2, 0) is 6.42 Å². The number of aryl methyl sites for hydroxylation is 1. The van der Waals surface area contributed by atoms with Crippen molar-refractivity contribution in [3.05, 3.63) is 53.9 Å². The first-order chi connectivity index (χ1) is 10.2. The second-order valence-electron chi connectivity index (χ2n) is 4.92. The summed E-state index contributed by atoms with van der Waals surface area (Å²) in [7, 11) is 0. The van der Waals surface area contributed by atoms with E-state index in [1.54, 1.807) is 18.5 Å². The molecule has 21 heavy (non-hydrogen) atoms. The summed E-state index contributed by atoms with van der Waals surface area (Å²) in [6, 6.07) is 9.35. The Morgan fingerprint density at radius 2 is 2.00 bits per heavy atom. The van der Waals surface area contributed by atoms with E-state index in [1.165, 1.54) is 0 Å². The molecule has 2 N–H and O–H groups in total. The van der Waals surface area contributed by atoms with E-state index >= 15 is 0 Å². The zero-order valence-electron chi connectivity index (χ0n) is 12.2. The van der Waals surface area contributed by atoms with Gasteiger partial charge in [-0.2, -0.15) is 0 Å². The van der Waals surface area contributed by atoms with Gasteiger partial charge in [0.2, 0.25) is 0 Å². The lowest BCUT2D eigenvalue weighted by atomic mass is 10.0. The lowest BCUT2D eigenvalue weighted by Gasteiger charge is -2.06. The van der Waals surface area contributed by atoms with Crippen molar-refractivity contribution < 1.29 is 9.53 Å². The molecule has 2 aromatic rings. The minimum atomic E-state index is 0.0706. The Kier molecular flexibility index (Phi) is 5.32. The molecule has 0 spiro atoms. The first-order valence-electron chi connectivity index (χ1n) is 7.14. The van der Waals surface area contributed by atoms with Crippen molar-refractivity contribution in [3.8, 4) is 5.75 Å². The topological polar surface area (TPSA) is 65.2 Å². The third-order valence-corrected chi connectivity index (χ3v) is 3.13. The van der Waals surface area contributed by atoms with Gasteiger partial charge in [-0.25, -0.2) is 0 Å². The van der Waals surface area contributed by atoms with E-state index in [2.05, 4.69) is 4.98 Å². The van der Waals surface area contributed by atoms with Crippen LogP contribution in [0.15, 0.2) is 42.7 Å². The average Bonchev–Trinajstić information content (AvgIpc) is 2.52. The fourth-order valence-electron chi connectivity index (χ4n) is 1.96. The summed E-state index contributed by atoms with van der Waals surface area (Å²) in [5.41, 5.74) is 8.07. The number of carbonyl (C=O) groups is 1. The number of nitrogens with zero attached hydrogens (tertiary/aromatic N) is 1. The molecule has 0 fully saturated rings. The molecule has 1 aromatic carbocycles. The first kappa shape index (κ1) is 15.0. The Hall–Kier alpha value is -2.36. The van der Waals surface area contributed by atoms with Crippen LogP contribution in [0.2, 0.25) is 0 Å². The van der Waals surface area contributed by atoms with Crippen molar-refractivity contribution in [2.24, 2.45) is 0 Å². The molecule has 0 aliphatic heterocycles. The number of ether oxygens (including phenoxy) is 1. The highest BCUT2D eigenvalue weighted by Gasteiger charge is 2.08. The number of benzene rings is 1. The van der Waals surface area contributed by atoms with Gasteiger partial charge in [-0.1, -0.05) is 19.1 Å². The molecule has 0 atom stereocenters. The SMILES string of the molecule is CCCOc1cncc(C(=O)CCc2ccc(N)cc2)c1. The average molecular weight is 284 g/mol. The van der Waals surface area contributed by atoms with Gasteiger partial charge in [0.15, 0.2) is 5.78 Å². The maximum Gasteiger partial charge on any atom is 0.164 e. The normalized spacial score (nSPS) is 10.3. The molecule has 1 aromatic heterocycles. The van der Waals surface area contributed by atoms with Crippen LogP contribution in [0.5, 0.6) is 5.75 Å². The van der Waals surface area contributed by atoms with E-state index in [0.29, 0.717) is 30.8 Å². The third-order valence-electron chi connectivity index (χ3n) is 3.13. The number of hydrogen-bond donors (Lipinski definition) is 1. The fraction of sp³-hybridized carbons (Fsp3) is 0.294. The van der Waals surface area contributed by atoms with Crippen molar-refractivity contribution in [2.75, 3.05) is 12.3 Å². The van der Waals surface area contributed by atoms with Crippen LogP contribution in [0.3, 0.4) is 0 Å². The predicted octanol–water partition coefficient (Wildman–Crippen LogP) is 3.27. The Bertz CT molecular complexity index is 594. The van der Waals surface area contributed by atoms with Crippen molar-refractivity contribution >= 4 is 11.5 Å². The maximum absolute atomic E-state index is 12.2. The largest absolute Gasteiger partial charge is 0.492 e. The van der Waals surface area contributed by atoms with Crippen LogP contribution < -0.4 is 10.5 Å². The number of carbonyl (C=O) groups excluding carboxylic acids is 1. The molecule has 1 heterocycles. The van der Waals surface area contributed by atoms with Crippen molar-refractivity contribution in [1.29, 1.82) is 0 Å². The Morgan fingerprint density at radius 3 is 2.71 bits per heavy atom. The standard InChI is InChI=1S/C17H20N2O2/c1-2-9-21-16-10-14(11-19-12-16)17(20)8-5-13-3-6-15(18)7-4-13/h3-4,6-7,10-12H,2,5,8-9,18H2,1H3. The lowest BCUT2D eigenvalue weighted by molar-refractivity contribution is 0.0982. The van der Waals surface area contributed by atoms with Crippen LogP contribution in [0.4, 0.5) is 5.69 Å². The number of nitrogens with two attached hydrogens (primary N) is 1. The summed E-state index contributed by atoms with van der Waals surface area (Å²) < 4.78 is 5.49. The number of aromatic nitrogens is 1. The molecule has 0 aliphatic rings. The molecular weight excluding hydrogens is 264 g/mol. The quantitative estimate of drug-likeness (QED) is 0.626. The molecule has 4 nitrogen and oxygen atoms in total. The minimum absolute atomic E-state index is 0.0706. The van der Waals surface area contributed by atoms with E-state index in [4.69, 9.17) is 10.5 Å². The Morgan fingerprint density at radius 1 is 1.24 bits per heavy atom. The summed E-state index contributed by atoms with van der Waals surface area (Å²) >= 11 is 0. The van der Waals surface area contributed by atoms with Gasteiger partial charge in [0, 0.05) is 23.9 Å². The number of pyridine rings is 1. The smallest absolute Gasteiger partial charge is 0.164 e. The third kappa shape index (κ3) is 4.60. The van der Waals surface area contributed by atoms with Gasteiger partial charge in [0.25, 0.3) is 0 Å². The monoisotopic (exact) mass is 284 g/mol. The fourth-order valence-corrected chi connectivity index (χ4v) is 1.96. The van der Waals surface area contributed by atoms with Gasteiger partial charge in [0.1, 0.15) is 5.75 Å². The number of rotatable bonds is 7. The van der Waals surface area contributed by atoms with Crippen molar-refractivity contribution in [1.82, 2.24) is 4.98 Å². The number of ketones is 1. The molecule has 0 radical (unpaired) electrons. The van der Waals surface area contributed by atoms with Crippen molar-refractivity contribution in [3.63, 3.8) is 0 Å². The summed E-state index contributed by atoms with van der Waals surface area (Å²) in [4.78, 5) is 16.3. The molecule has 110 valence electrons. The van der Waals surface area contributed by atoms with Crippen LogP contribution in [0.25, 0.3) is 0 Å². The lowest BCUT2D eigenvalue weighted by Crippen LogP contribution is -2.03. The highest BCUT2D eigenvalue weighted by atomic mass is 16.5. The predicted molar refractivity (Wildman–Crippen MR) is 83.5 cm³/mol. The zero-order chi connectivity index (χ0) is 15.1.